The first kappa shape index (κ1) is 17.4. The van der Waals surface area contributed by atoms with Crippen LogP contribution in [0.25, 0.3) is 0 Å². The summed E-state index contributed by atoms with van der Waals surface area (Å²) in [6, 6.07) is 6.52. The molecule has 0 unspecified atom stereocenters. The molecule has 140 valence electrons. The lowest BCUT2D eigenvalue weighted by atomic mass is 10.1. The van der Waals surface area contributed by atoms with Crippen LogP contribution in [0.4, 0.5) is 0 Å². The third kappa shape index (κ3) is 3.19. The second-order valence-electron chi connectivity index (χ2n) is 6.70. The molecule has 2 aromatic rings. The van der Waals surface area contributed by atoms with E-state index >= 15 is 0 Å². The number of benzene rings is 1. The van der Waals surface area contributed by atoms with Crippen molar-refractivity contribution < 1.29 is 17.9 Å². The van der Waals surface area contributed by atoms with Crippen molar-refractivity contribution in [2.45, 2.75) is 36.6 Å². The number of nitrogens with zero attached hydrogens (tertiary/aromatic N) is 3. The Kier molecular flexibility index (Phi) is 4.62. The van der Waals surface area contributed by atoms with E-state index in [1.165, 1.54) is 0 Å². The molecule has 0 N–H and O–H groups in total. The number of hydrogen-bond donors (Lipinski definition) is 0. The van der Waals surface area contributed by atoms with E-state index in [4.69, 9.17) is 9.47 Å². The monoisotopic (exact) mass is 377 g/mol. The molecule has 0 aliphatic carbocycles. The van der Waals surface area contributed by atoms with Crippen molar-refractivity contribution in [1.82, 2.24) is 14.1 Å². The second kappa shape index (κ2) is 6.92. The van der Waals surface area contributed by atoms with E-state index in [2.05, 4.69) is 5.10 Å². The molecule has 7 nitrogen and oxygen atoms in total. The van der Waals surface area contributed by atoms with Crippen LogP contribution >= 0.6 is 0 Å². The zero-order valence-electron chi connectivity index (χ0n) is 14.8. The van der Waals surface area contributed by atoms with E-state index in [9.17, 15) is 8.42 Å². The minimum atomic E-state index is -3.66. The molecule has 0 saturated carbocycles. The van der Waals surface area contributed by atoms with Crippen molar-refractivity contribution in [3.8, 4) is 11.5 Å². The van der Waals surface area contributed by atoms with Gasteiger partial charge < -0.3 is 9.47 Å². The fraction of sp³-hybridized carbons (Fsp3) is 0.500. The van der Waals surface area contributed by atoms with Gasteiger partial charge in [0.15, 0.2) is 11.5 Å². The molecule has 0 radical (unpaired) electrons. The first-order valence-corrected chi connectivity index (χ1v) is 10.4. The molecule has 0 spiro atoms. The highest BCUT2D eigenvalue weighted by Gasteiger charge is 2.35. The zero-order valence-corrected chi connectivity index (χ0v) is 15.6. The number of aromatic nitrogens is 2. The van der Waals surface area contributed by atoms with E-state index in [1.807, 2.05) is 19.3 Å². The van der Waals surface area contributed by atoms with Crippen molar-refractivity contribution in [2.24, 2.45) is 7.05 Å². The first-order chi connectivity index (χ1) is 12.6. The molecule has 1 aromatic heterocycles. The molecule has 4 rings (SSSR count). The lowest BCUT2D eigenvalue weighted by Crippen LogP contribution is -2.35. The quantitative estimate of drug-likeness (QED) is 0.822. The fourth-order valence-corrected chi connectivity index (χ4v) is 5.28. The molecule has 1 saturated heterocycles. The van der Waals surface area contributed by atoms with Crippen LogP contribution in [-0.4, -0.2) is 42.3 Å². The summed E-state index contributed by atoms with van der Waals surface area (Å²) in [5, 5.41) is 4.47. The summed E-state index contributed by atoms with van der Waals surface area (Å²) < 4.78 is 41.2. The maximum atomic E-state index is 13.4. The van der Waals surface area contributed by atoms with Crippen molar-refractivity contribution in [2.75, 3.05) is 19.8 Å². The molecule has 0 amide bonds. The van der Waals surface area contributed by atoms with Crippen LogP contribution in [0.2, 0.25) is 0 Å². The zero-order chi connectivity index (χ0) is 18.1. The summed E-state index contributed by atoms with van der Waals surface area (Å²) in [4.78, 5) is 0.240. The fourth-order valence-electron chi connectivity index (χ4n) is 3.60. The minimum absolute atomic E-state index is 0.239. The Morgan fingerprint density at radius 3 is 2.65 bits per heavy atom. The molecule has 2 aliphatic rings. The third-order valence-electron chi connectivity index (χ3n) is 4.90. The Hall–Kier alpha value is -2.06. The van der Waals surface area contributed by atoms with Crippen LogP contribution in [0.1, 0.15) is 37.4 Å². The molecule has 0 bridgehead atoms. The summed E-state index contributed by atoms with van der Waals surface area (Å²) in [7, 11) is -1.81. The molecule has 2 aliphatic heterocycles. The molecule has 1 aromatic carbocycles. The van der Waals surface area contributed by atoms with Crippen LogP contribution < -0.4 is 9.47 Å². The number of aryl methyl sites for hydroxylation is 1. The largest absolute Gasteiger partial charge is 0.486 e. The number of hydrogen-bond acceptors (Lipinski definition) is 5. The van der Waals surface area contributed by atoms with Gasteiger partial charge in [0.25, 0.3) is 0 Å². The molecular weight excluding hydrogens is 354 g/mol. The smallest absolute Gasteiger partial charge is 0.243 e. The van der Waals surface area contributed by atoms with Gasteiger partial charge in [-0.1, -0.05) is 12.8 Å². The Balaban J connectivity index is 1.72. The van der Waals surface area contributed by atoms with E-state index in [1.54, 1.807) is 27.2 Å². The number of sulfonamides is 1. The molecule has 1 atom stereocenters. The average Bonchev–Trinajstić information content (AvgIpc) is 2.92. The number of rotatable bonds is 3. The molecule has 1 fully saturated rings. The van der Waals surface area contributed by atoms with Crippen LogP contribution in [0, 0.1) is 0 Å². The average molecular weight is 377 g/mol. The second-order valence-corrected chi connectivity index (χ2v) is 8.59. The maximum absolute atomic E-state index is 13.4. The topological polar surface area (TPSA) is 73.7 Å². The maximum Gasteiger partial charge on any atom is 0.243 e. The highest BCUT2D eigenvalue weighted by Crippen LogP contribution is 2.37. The predicted molar refractivity (Wildman–Crippen MR) is 95.7 cm³/mol. The molecule has 26 heavy (non-hydrogen) atoms. The molecule has 3 heterocycles. The lowest BCUT2D eigenvalue weighted by Gasteiger charge is -2.28. The molecular formula is C18H23N3O4S. The first-order valence-electron chi connectivity index (χ1n) is 8.97. The highest BCUT2D eigenvalue weighted by molar-refractivity contribution is 7.89. The van der Waals surface area contributed by atoms with Crippen LogP contribution in [-0.2, 0) is 17.1 Å². The Bertz CT molecular complexity index is 894. The van der Waals surface area contributed by atoms with Gasteiger partial charge in [0.1, 0.15) is 13.2 Å². The van der Waals surface area contributed by atoms with E-state index < -0.39 is 10.0 Å². The van der Waals surface area contributed by atoms with E-state index in [-0.39, 0.29) is 10.9 Å². The van der Waals surface area contributed by atoms with E-state index in [0.29, 0.717) is 31.3 Å². The van der Waals surface area contributed by atoms with Crippen LogP contribution in [0.15, 0.2) is 35.4 Å². The Morgan fingerprint density at radius 2 is 1.88 bits per heavy atom. The van der Waals surface area contributed by atoms with Crippen LogP contribution in [0.5, 0.6) is 11.5 Å². The van der Waals surface area contributed by atoms with Gasteiger partial charge in [-0.3, -0.25) is 4.68 Å². The Morgan fingerprint density at radius 1 is 1.08 bits per heavy atom. The predicted octanol–water partition coefficient (Wildman–Crippen LogP) is 2.50. The normalized spacial score (nSPS) is 21.3. The van der Waals surface area contributed by atoms with Crippen molar-refractivity contribution >= 4 is 10.0 Å². The number of ether oxygens (including phenoxy) is 2. The summed E-state index contributed by atoms with van der Waals surface area (Å²) >= 11 is 0. The van der Waals surface area contributed by atoms with Gasteiger partial charge in [0, 0.05) is 25.9 Å². The van der Waals surface area contributed by atoms with Gasteiger partial charge in [-0.05, 0) is 31.0 Å². The van der Waals surface area contributed by atoms with Gasteiger partial charge in [-0.15, -0.1) is 0 Å². The lowest BCUT2D eigenvalue weighted by molar-refractivity contribution is 0.171. The van der Waals surface area contributed by atoms with Gasteiger partial charge in [-0.2, -0.15) is 9.40 Å². The summed E-state index contributed by atoms with van der Waals surface area (Å²) in [6.45, 7) is 1.40. The van der Waals surface area contributed by atoms with Gasteiger partial charge >= 0.3 is 0 Å². The minimum Gasteiger partial charge on any atom is -0.486 e. The van der Waals surface area contributed by atoms with E-state index in [0.717, 1.165) is 31.4 Å². The Labute approximate surface area is 153 Å². The summed E-state index contributed by atoms with van der Waals surface area (Å²) in [5.74, 6) is 1.08. The van der Waals surface area contributed by atoms with Gasteiger partial charge in [0.2, 0.25) is 10.0 Å². The number of fused-ring (bicyclic) bond motifs is 1. The van der Waals surface area contributed by atoms with Gasteiger partial charge in [0.05, 0.1) is 16.6 Å². The highest BCUT2D eigenvalue weighted by atomic mass is 32.2. The van der Waals surface area contributed by atoms with Gasteiger partial charge in [-0.25, -0.2) is 8.42 Å². The van der Waals surface area contributed by atoms with Crippen molar-refractivity contribution in [1.29, 1.82) is 0 Å². The van der Waals surface area contributed by atoms with Crippen molar-refractivity contribution in [3.63, 3.8) is 0 Å². The van der Waals surface area contributed by atoms with Crippen LogP contribution in [0.3, 0.4) is 0 Å². The third-order valence-corrected chi connectivity index (χ3v) is 6.80. The summed E-state index contributed by atoms with van der Waals surface area (Å²) in [5.41, 5.74) is 0.801. The SMILES string of the molecule is Cn1ccc([C@H]2CCCCCN2S(=O)(=O)c2ccc3c(c2)OCCO3)n1. The summed E-state index contributed by atoms with van der Waals surface area (Å²) in [6.07, 6.45) is 5.51. The van der Waals surface area contributed by atoms with Crippen molar-refractivity contribution in [3.05, 3.63) is 36.2 Å². The molecule has 8 heteroatoms. The standard InChI is InChI=1S/C18H23N3O4S/c1-20-10-8-15(19-20)16-5-3-2-4-9-21(16)26(22,23)14-6-7-17-18(13-14)25-12-11-24-17/h6-8,10,13,16H,2-5,9,11-12H2,1H3/t16-/m1/s1.